The fourth-order valence-corrected chi connectivity index (χ4v) is 3.08. The van der Waals surface area contributed by atoms with Crippen LogP contribution < -0.4 is 10.2 Å². The Kier molecular flexibility index (Phi) is 4.16. The van der Waals surface area contributed by atoms with Crippen LogP contribution in [0.1, 0.15) is 19.8 Å². The van der Waals surface area contributed by atoms with E-state index in [1.807, 2.05) is 6.20 Å². The van der Waals surface area contributed by atoms with Gasteiger partial charge in [0.25, 0.3) is 0 Å². The first-order valence-corrected chi connectivity index (χ1v) is 7.68. The van der Waals surface area contributed by atoms with Crippen LogP contribution in [-0.2, 0) is 0 Å². The zero-order valence-corrected chi connectivity index (χ0v) is 12.2. The number of anilines is 1. The smallest absolute Gasteiger partial charge is 0.0722 e. The van der Waals surface area contributed by atoms with Gasteiger partial charge in [-0.1, -0.05) is 25.1 Å². The highest BCUT2D eigenvalue weighted by Crippen LogP contribution is 2.28. The first-order valence-electron chi connectivity index (χ1n) is 7.68. The Balaban J connectivity index is 1.74. The van der Waals surface area contributed by atoms with E-state index in [2.05, 4.69) is 52.5 Å². The summed E-state index contributed by atoms with van der Waals surface area (Å²) in [5.41, 5.74) is 2.44. The molecule has 1 saturated heterocycles. The standard InChI is InChI=1S/C17H23N3/c1-2-18-13-14-8-11-20(12-9-14)17-7-10-19-16-6-4-3-5-15(16)17/h3-7,10,14,18H,2,8-9,11-13H2,1H3. The Hall–Kier alpha value is -1.61. The van der Waals surface area contributed by atoms with Gasteiger partial charge in [-0.15, -0.1) is 0 Å². The molecule has 0 spiro atoms. The molecule has 0 saturated carbocycles. The summed E-state index contributed by atoms with van der Waals surface area (Å²) in [6.45, 7) is 6.74. The van der Waals surface area contributed by atoms with Gasteiger partial charge in [-0.25, -0.2) is 0 Å². The van der Waals surface area contributed by atoms with E-state index in [-0.39, 0.29) is 0 Å². The lowest BCUT2D eigenvalue weighted by Gasteiger charge is -2.34. The number of hydrogen-bond acceptors (Lipinski definition) is 3. The van der Waals surface area contributed by atoms with Crippen LogP contribution in [0.4, 0.5) is 5.69 Å². The van der Waals surface area contributed by atoms with Crippen LogP contribution in [0.25, 0.3) is 10.9 Å². The third-order valence-corrected chi connectivity index (χ3v) is 4.26. The number of para-hydroxylation sites is 1. The molecule has 1 aromatic carbocycles. The Bertz CT molecular complexity index is 554. The molecular weight excluding hydrogens is 246 g/mol. The van der Waals surface area contributed by atoms with Gasteiger partial charge in [0.15, 0.2) is 0 Å². The van der Waals surface area contributed by atoms with Crippen molar-refractivity contribution >= 4 is 16.6 Å². The summed E-state index contributed by atoms with van der Waals surface area (Å²) in [6, 6.07) is 10.6. The van der Waals surface area contributed by atoms with Crippen molar-refractivity contribution in [2.24, 2.45) is 5.92 Å². The van der Waals surface area contributed by atoms with Crippen LogP contribution in [-0.4, -0.2) is 31.2 Å². The molecule has 2 heterocycles. The SMILES string of the molecule is CCNCC1CCN(c2ccnc3ccccc23)CC1. The van der Waals surface area contributed by atoms with Gasteiger partial charge < -0.3 is 10.2 Å². The third-order valence-electron chi connectivity index (χ3n) is 4.26. The van der Waals surface area contributed by atoms with Gasteiger partial charge >= 0.3 is 0 Å². The number of pyridine rings is 1. The van der Waals surface area contributed by atoms with Gasteiger partial charge in [0.2, 0.25) is 0 Å². The topological polar surface area (TPSA) is 28.2 Å². The van der Waals surface area contributed by atoms with E-state index >= 15 is 0 Å². The maximum atomic E-state index is 4.46. The summed E-state index contributed by atoms with van der Waals surface area (Å²) in [4.78, 5) is 6.98. The Morgan fingerprint density at radius 2 is 2.00 bits per heavy atom. The van der Waals surface area contributed by atoms with Crippen LogP contribution >= 0.6 is 0 Å². The molecule has 0 bridgehead atoms. The average Bonchev–Trinajstić information content (AvgIpc) is 2.53. The van der Waals surface area contributed by atoms with Crippen molar-refractivity contribution in [1.29, 1.82) is 0 Å². The van der Waals surface area contributed by atoms with Crippen LogP contribution in [0.2, 0.25) is 0 Å². The van der Waals surface area contributed by atoms with E-state index in [1.165, 1.54) is 30.5 Å². The van der Waals surface area contributed by atoms with Gasteiger partial charge in [-0.05, 0) is 44.0 Å². The predicted octanol–water partition coefficient (Wildman–Crippen LogP) is 3.06. The maximum absolute atomic E-state index is 4.46. The molecule has 0 aliphatic carbocycles. The van der Waals surface area contributed by atoms with Gasteiger partial charge in [-0.2, -0.15) is 0 Å². The van der Waals surface area contributed by atoms with E-state index in [4.69, 9.17) is 0 Å². The summed E-state index contributed by atoms with van der Waals surface area (Å²) in [6.07, 6.45) is 4.50. The lowest BCUT2D eigenvalue weighted by Crippen LogP contribution is -2.37. The van der Waals surface area contributed by atoms with Crippen LogP contribution in [0.15, 0.2) is 36.5 Å². The number of hydrogen-bond donors (Lipinski definition) is 1. The van der Waals surface area contributed by atoms with Gasteiger partial charge in [-0.3, -0.25) is 4.98 Å². The number of rotatable bonds is 4. The summed E-state index contributed by atoms with van der Waals surface area (Å²) in [5.74, 6) is 0.833. The molecule has 1 aromatic heterocycles. The van der Waals surface area contributed by atoms with Crippen molar-refractivity contribution in [2.75, 3.05) is 31.1 Å². The van der Waals surface area contributed by atoms with Gasteiger partial charge in [0.1, 0.15) is 0 Å². The fourth-order valence-electron chi connectivity index (χ4n) is 3.08. The van der Waals surface area contributed by atoms with Crippen molar-refractivity contribution in [1.82, 2.24) is 10.3 Å². The molecular formula is C17H23N3. The number of benzene rings is 1. The summed E-state index contributed by atoms with van der Waals surface area (Å²) in [7, 11) is 0. The van der Waals surface area contributed by atoms with Crippen molar-refractivity contribution in [3.8, 4) is 0 Å². The minimum absolute atomic E-state index is 0.833. The molecule has 0 radical (unpaired) electrons. The molecule has 1 aliphatic rings. The predicted molar refractivity (Wildman–Crippen MR) is 85.2 cm³/mol. The highest BCUT2D eigenvalue weighted by molar-refractivity contribution is 5.91. The van der Waals surface area contributed by atoms with Gasteiger partial charge in [0.05, 0.1) is 5.52 Å². The molecule has 0 amide bonds. The maximum Gasteiger partial charge on any atom is 0.0722 e. The first kappa shape index (κ1) is 13.4. The van der Waals surface area contributed by atoms with Crippen LogP contribution in [0.5, 0.6) is 0 Å². The summed E-state index contributed by atoms with van der Waals surface area (Å²) >= 11 is 0. The molecule has 1 N–H and O–H groups in total. The number of nitrogens with one attached hydrogen (secondary N) is 1. The number of fused-ring (bicyclic) bond motifs is 1. The fraction of sp³-hybridized carbons (Fsp3) is 0.471. The molecule has 2 aromatic rings. The molecule has 1 fully saturated rings. The van der Waals surface area contributed by atoms with E-state index < -0.39 is 0 Å². The number of nitrogens with zero attached hydrogens (tertiary/aromatic N) is 2. The summed E-state index contributed by atoms with van der Waals surface area (Å²) in [5, 5.41) is 4.75. The molecule has 3 heteroatoms. The van der Waals surface area contributed by atoms with Gasteiger partial charge in [0, 0.05) is 30.4 Å². The number of aromatic nitrogens is 1. The minimum Gasteiger partial charge on any atom is -0.371 e. The second-order valence-corrected chi connectivity index (χ2v) is 5.59. The van der Waals surface area contributed by atoms with Crippen molar-refractivity contribution in [3.63, 3.8) is 0 Å². The Morgan fingerprint density at radius 3 is 2.80 bits per heavy atom. The van der Waals surface area contributed by atoms with E-state index in [1.54, 1.807) is 0 Å². The van der Waals surface area contributed by atoms with Crippen molar-refractivity contribution in [3.05, 3.63) is 36.5 Å². The molecule has 3 rings (SSSR count). The molecule has 0 unspecified atom stereocenters. The second-order valence-electron chi connectivity index (χ2n) is 5.59. The quantitative estimate of drug-likeness (QED) is 0.924. The molecule has 1 aliphatic heterocycles. The first-order chi connectivity index (χ1) is 9.88. The zero-order chi connectivity index (χ0) is 13.8. The molecule has 3 nitrogen and oxygen atoms in total. The summed E-state index contributed by atoms with van der Waals surface area (Å²) < 4.78 is 0. The monoisotopic (exact) mass is 269 g/mol. The lowest BCUT2D eigenvalue weighted by molar-refractivity contribution is 0.387. The van der Waals surface area contributed by atoms with Crippen LogP contribution in [0.3, 0.4) is 0 Å². The lowest BCUT2D eigenvalue weighted by atomic mass is 9.96. The zero-order valence-electron chi connectivity index (χ0n) is 12.2. The largest absolute Gasteiger partial charge is 0.371 e. The Labute approximate surface area is 121 Å². The Morgan fingerprint density at radius 1 is 1.20 bits per heavy atom. The van der Waals surface area contributed by atoms with E-state index in [0.717, 1.165) is 31.1 Å². The molecule has 106 valence electrons. The van der Waals surface area contributed by atoms with Crippen molar-refractivity contribution in [2.45, 2.75) is 19.8 Å². The minimum atomic E-state index is 0.833. The average molecular weight is 269 g/mol. The molecule has 0 atom stereocenters. The second kappa shape index (κ2) is 6.23. The van der Waals surface area contributed by atoms with Crippen molar-refractivity contribution < 1.29 is 0 Å². The number of piperidine rings is 1. The molecule has 20 heavy (non-hydrogen) atoms. The van der Waals surface area contributed by atoms with Crippen LogP contribution in [0, 0.1) is 5.92 Å². The van der Waals surface area contributed by atoms with E-state index in [9.17, 15) is 0 Å². The highest BCUT2D eigenvalue weighted by atomic mass is 15.1. The highest BCUT2D eigenvalue weighted by Gasteiger charge is 2.20. The third kappa shape index (κ3) is 2.78. The van der Waals surface area contributed by atoms with E-state index in [0.29, 0.717) is 0 Å². The normalized spacial score (nSPS) is 16.8.